The Labute approximate surface area is 435 Å². The van der Waals surface area contributed by atoms with E-state index in [9.17, 15) is 0 Å². The standard InChI is InChI=1S/C66H41B2N5O2/c1-5-21-42(22-6-1)69-50-31-15-13-29-46(50)67-47-30-14-16-32-51(47)73-55-40-57-63(75-61-36-20-18-34-53(61)71(57)44-25-9-3-10-26-44)38-49(55)68-48-37-62-56(70(43-23-7-2-8-24-43)52-33-17-19-35-60(52)74-62)39-54(48)72(45-27-11-4-12-28-45)59-41-58(69)64(67)66(73)65(59)68/h1-41H. The maximum Gasteiger partial charge on any atom is 0.252 e. The van der Waals surface area contributed by atoms with Crippen molar-refractivity contribution in [2.45, 2.75) is 0 Å². The zero-order valence-corrected chi connectivity index (χ0v) is 40.4. The van der Waals surface area contributed by atoms with Crippen molar-refractivity contribution in [2.75, 3.05) is 24.5 Å². The number of hydrogen-bond donors (Lipinski definition) is 0. The van der Waals surface area contributed by atoms with E-state index in [1.165, 1.54) is 38.9 Å². The Kier molecular flexibility index (Phi) is 8.33. The largest absolute Gasteiger partial charge is 0.453 e. The van der Waals surface area contributed by atoms with Crippen LogP contribution in [0.4, 0.5) is 85.3 Å². The fraction of sp³-hybridized carbons (Fsp3) is 0. The molecule has 11 aromatic carbocycles. The van der Waals surface area contributed by atoms with Crippen LogP contribution in [-0.4, -0.2) is 13.4 Å². The van der Waals surface area contributed by atoms with Gasteiger partial charge < -0.3 is 34.0 Å². The molecule has 6 aliphatic heterocycles. The number of ether oxygens (including phenoxy) is 2. The fourth-order valence-electron chi connectivity index (χ4n) is 13.2. The van der Waals surface area contributed by atoms with Gasteiger partial charge in [0.1, 0.15) is 0 Å². The van der Waals surface area contributed by atoms with Gasteiger partial charge in [-0.2, -0.15) is 0 Å². The van der Waals surface area contributed by atoms with E-state index in [-0.39, 0.29) is 13.4 Å². The van der Waals surface area contributed by atoms with Gasteiger partial charge in [-0.05, 0) is 148 Å². The van der Waals surface area contributed by atoms with E-state index >= 15 is 0 Å². The monoisotopic (exact) mass is 957 g/mol. The van der Waals surface area contributed by atoms with Crippen molar-refractivity contribution < 1.29 is 9.47 Å². The van der Waals surface area contributed by atoms with Crippen molar-refractivity contribution in [3.05, 3.63) is 249 Å². The van der Waals surface area contributed by atoms with Gasteiger partial charge in [-0.1, -0.05) is 133 Å². The Morgan fingerprint density at radius 2 is 0.547 bits per heavy atom. The number of nitrogens with zero attached hydrogens (tertiary/aromatic N) is 5. The predicted octanol–water partition coefficient (Wildman–Crippen LogP) is 13.5. The SMILES string of the molecule is c1ccc(N2c3ccccc3Oc3cc4c(cc32)N(c2ccccc2)c2cc3c5c6c2B4c2cc4c(cc2N6c2ccccc2B5c2ccccc2N3c2ccccc2)N(c2ccccc2)c2ccccc2O4)cc1. The third-order valence-corrected chi connectivity index (χ3v) is 16.1. The molecule has 0 saturated heterocycles. The van der Waals surface area contributed by atoms with Gasteiger partial charge in [-0.3, -0.25) is 0 Å². The zero-order chi connectivity index (χ0) is 48.9. The average molecular weight is 958 g/mol. The second-order valence-electron chi connectivity index (χ2n) is 20.0. The lowest BCUT2D eigenvalue weighted by molar-refractivity contribution is 0.477. The van der Waals surface area contributed by atoms with Crippen LogP contribution < -0.4 is 66.8 Å². The van der Waals surface area contributed by atoms with Crippen LogP contribution in [0.3, 0.4) is 0 Å². The lowest BCUT2D eigenvalue weighted by atomic mass is 9.28. The summed E-state index contributed by atoms with van der Waals surface area (Å²) >= 11 is 0. The van der Waals surface area contributed by atoms with Crippen molar-refractivity contribution >= 4 is 132 Å². The van der Waals surface area contributed by atoms with E-state index in [2.05, 4.69) is 273 Å². The highest BCUT2D eigenvalue weighted by molar-refractivity contribution is 7.05. The average Bonchev–Trinajstić information content (AvgIpc) is 3.48. The van der Waals surface area contributed by atoms with Crippen LogP contribution in [-0.2, 0) is 0 Å². The normalized spacial score (nSPS) is 14.2. The highest BCUT2D eigenvalue weighted by atomic mass is 16.5. The molecule has 17 rings (SSSR count). The van der Waals surface area contributed by atoms with Crippen LogP contribution in [0.2, 0.25) is 0 Å². The molecule has 0 spiro atoms. The molecular weight excluding hydrogens is 916 g/mol. The molecule has 0 bridgehead atoms. The Balaban J connectivity index is 1.03. The van der Waals surface area contributed by atoms with Gasteiger partial charge in [0, 0.05) is 62.6 Å². The van der Waals surface area contributed by atoms with Gasteiger partial charge >= 0.3 is 0 Å². The summed E-state index contributed by atoms with van der Waals surface area (Å²) in [5.74, 6) is 3.23. The van der Waals surface area contributed by atoms with Crippen molar-refractivity contribution in [3.63, 3.8) is 0 Å². The fourth-order valence-corrected chi connectivity index (χ4v) is 13.2. The number of anilines is 15. The van der Waals surface area contributed by atoms with Gasteiger partial charge in [-0.15, -0.1) is 0 Å². The summed E-state index contributed by atoms with van der Waals surface area (Å²) in [4.78, 5) is 12.4. The highest BCUT2D eigenvalue weighted by Crippen LogP contribution is 2.57. The van der Waals surface area contributed by atoms with E-state index < -0.39 is 0 Å². The Morgan fingerprint density at radius 1 is 0.227 bits per heavy atom. The van der Waals surface area contributed by atoms with Crippen molar-refractivity contribution in [2.24, 2.45) is 0 Å². The van der Waals surface area contributed by atoms with E-state index in [1.807, 2.05) is 0 Å². The molecular formula is C66H41B2N5O2. The quantitative estimate of drug-likeness (QED) is 0.163. The lowest BCUT2D eigenvalue weighted by Crippen LogP contribution is -2.68. The molecule has 6 heterocycles. The van der Waals surface area contributed by atoms with Gasteiger partial charge in [0.25, 0.3) is 13.4 Å². The maximum absolute atomic E-state index is 7.13. The first kappa shape index (κ1) is 40.7. The van der Waals surface area contributed by atoms with Crippen LogP contribution in [0.15, 0.2) is 249 Å². The molecule has 0 saturated carbocycles. The molecule has 7 nitrogen and oxygen atoms in total. The molecule has 0 aliphatic carbocycles. The van der Waals surface area contributed by atoms with Crippen LogP contribution in [0, 0.1) is 0 Å². The predicted molar refractivity (Wildman–Crippen MR) is 309 cm³/mol. The van der Waals surface area contributed by atoms with Crippen LogP contribution >= 0.6 is 0 Å². The zero-order valence-electron chi connectivity index (χ0n) is 40.4. The molecule has 11 aromatic rings. The smallest absolute Gasteiger partial charge is 0.252 e. The minimum Gasteiger partial charge on any atom is -0.453 e. The van der Waals surface area contributed by atoms with E-state index in [4.69, 9.17) is 9.47 Å². The summed E-state index contributed by atoms with van der Waals surface area (Å²) in [6, 6.07) is 90.1. The second kappa shape index (κ2) is 15.3. The minimum absolute atomic E-state index is 0.0471. The molecule has 0 amide bonds. The first-order valence-electron chi connectivity index (χ1n) is 25.7. The van der Waals surface area contributed by atoms with Gasteiger partial charge in [0.2, 0.25) is 0 Å². The van der Waals surface area contributed by atoms with Gasteiger partial charge in [0.15, 0.2) is 23.0 Å². The first-order valence-corrected chi connectivity index (χ1v) is 25.7. The number of fused-ring (bicyclic) bond motifs is 14. The van der Waals surface area contributed by atoms with Gasteiger partial charge in [-0.25, -0.2) is 0 Å². The number of para-hydroxylation sites is 10. The third-order valence-electron chi connectivity index (χ3n) is 16.1. The molecule has 0 radical (unpaired) electrons. The molecule has 9 heteroatoms. The summed E-state index contributed by atoms with van der Waals surface area (Å²) in [6.07, 6.45) is 0. The number of hydrogen-bond acceptors (Lipinski definition) is 7. The summed E-state index contributed by atoms with van der Waals surface area (Å²) in [5.41, 5.74) is 23.7. The summed E-state index contributed by atoms with van der Waals surface area (Å²) < 4.78 is 14.3. The molecule has 6 aliphatic rings. The van der Waals surface area contributed by atoms with E-state index in [1.54, 1.807) is 0 Å². The number of rotatable bonds is 4. The van der Waals surface area contributed by atoms with Crippen LogP contribution in [0.25, 0.3) is 0 Å². The molecule has 0 atom stereocenters. The molecule has 0 unspecified atom stereocenters. The highest BCUT2D eigenvalue weighted by Gasteiger charge is 2.53. The Hall–Kier alpha value is -9.85. The lowest BCUT2D eigenvalue weighted by Gasteiger charge is -2.51. The van der Waals surface area contributed by atoms with E-state index in [0.717, 1.165) is 102 Å². The van der Waals surface area contributed by atoms with Crippen LogP contribution in [0.5, 0.6) is 23.0 Å². The minimum atomic E-state index is -0.248. The van der Waals surface area contributed by atoms with Gasteiger partial charge in [0.05, 0.1) is 22.7 Å². The van der Waals surface area contributed by atoms with Crippen molar-refractivity contribution in [1.82, 2.24) is 0 Å². The van der Waals surface area contributed by atoms with Crippen LogP contribution in [0.1, 0.15) is 0 Å². The molecule has 0 N–H and O–H groups in total. The summed E-state index contributed by atoms with van der Waals surface area (Å²) in [7, 11) is 0. The van der Waals surface area contributed by atoms with Crippen molar-refractivity contribution in [3.8, 4) is 23.0 Å². The Bertz CT molecular complexity index is 4170. The number of benzene rings is 11. The maximum atomic E-state index is 7.13. The molecule has 0 aromatic heterocycles. The summed E-state index contributed by atoms with van der Waals surface area (Å²) in [5, 5.41) is 0. The van der Waals surface area contributed by atoms with E-state index in [0.29, 0.717) is 0 Å². The Morgan fingerprint density at radius 3 is 1.00 bits per heavy atom. The molecule has 75 heavy (non-hydrogen) atoms. The molecule has 348 valence electrons. The first-order chi connectivity index (χ1) is 37.2. The molecule has 0 fully saturated rings. The van der Waals surface area contributed by atoms with Crippen molar-refractivity contribution in [1.29, 1.82) is 0 Å². The third kappa shape index (κ3) is 5.61. The topological polar surface area (TPSA) is 34.7 Å². The second-order valence-corrected chi connectivity index (χ2v) is 20.0. The summed E-state index contributed by atoms with van der Waals surface area (Å²) in [6.45, 7) is -0.295.